The molecule has 0 bridgehead atoms. The Morgan fingerprint density at radius 2 is 2.00 bits per heavy atom. The monoisotopic (exact) mass is 306 g/mol. The maximum absolute atomic E-state index is 6.18. The van der Waals surface area contributed by atoms with E-state index in [0.29, 0.717) is 15.9 Å². The fourth-order valence-corrected chi connectivity index (χ4v) is 2.51. The number of halogens is 2. The minimum atomic E-state index is 0.496. The maximum Gasteiger partial charge on any atom is 0.228 e. The molecule has 1 aromatic heterocycles. The molecule has 1 heterocycles. The number of fused-ring (bicyclic) bond motifs is 1. The second-order valence-electron chi connectivity index (χ2n) is 4.36. The van der Waals surface area contributed by atoms with Crippen LogP contribution in [0, 0.1) is 0 Å². The van der Waals surface area contributed by atoms with Crippen molar-refractivity contribution >= 4 is 40.0 Å². The second kappa shape index (κ2) is 5.35. The van der Waals surface area contributed by atoms with Crippen molar-refractivity contribution in [2.45, 2.75) is 6.92 Å². The van der Waals surface area contributed by atoms with Gasteiger partial charge in [-0.05, 0) is 43.3 Å². The second-order valence-corrected chi connectivity index (χ2v) is 5.20. The molecule has 3 rings (SSSR count). The molecule has 0 aliphatic carbocycles. The van der Waals surface area contributed by atoms with Crippen molar-refractivity contribution in [2.24, 2.45) is 0 Å². The molecule has 0 radical (unpaired) electrons. The first-order chi connectivity index (χ1) is 9.67. The zero-order chi connectivity index (χ0) is 14.1. The van der Waals surface area contributed by atoms with E-state index >= 15 is 0 Å². The molecule has 3 aromatic rings. The summed E-state index contributed by atoms with van der Waals surface area (Å²) >= 11 is 12.1. The van der Waals surface area contributed by atoms with E-state index in [1.807, 2.05) is 25.1 Å². The molecule has 0 spiro atoms. The summed E-state index contributed by atoms with van der Waals surface area (Å²) in [7, 11) is 0. The van der Waals surface area contributed by atoms with Crippen LogP contribution in [0.25, 0.3) is 22.6 Å². The number of anilines is 1. The van der Waals surface area contributed by atoms with Crippen molar-refractivity contribution < 1.29 is 4.42 Å². The number of oxazole rings is 1. The van der Waals surface area contributed by atoms with Crippen LogP contribution in [-0.4, -0.2) is 11.5 Å². The van der Waals surface area contributed by atoms with Gasteiger partial charge < -0.3 is 9.73 Å². The first-order valence-electron chi connectivity index (χ1n) is 6.27. The van der Waals surface area contributed by atoms with Crippen LogP contribution < -0.4 is 5.32 Å². The summed E-state index contributed by atoms with van der Waals surface area (Å²) in [5.41, 5.74) is 3.27. The smallest absolute Gasteiger partial charge is 0.228 e. The molecule has 0 aliphatic rings. The Morgan fingerprint density at radius 1 is 1.15 bits per heavy atom. The predicted molar refractivity (Wildman–Crippen MR) is 83.6 cm³/mol. The lowest BCUT2D eigenvalue weighted by Gasteiger charge is -2.00. The van der Waals surface area contributed by atoms with Crippen LogP contribution in [0.15, 0.2) is 40.8 Å². The summed E-state index contributed by atoms with van der Waals surface area (Å²) in [5.74, 6) is 0.496. The third-order valence-electron chi connectivity index (χ3n) is 2.93. The van der Waals surface area contributed by atoms with Gasteiger partial charge in [-0.3, -0.25) is 0 Å². The highest BCUT2D eigenvalue weighted by atomic mass is 35.5. The minimum absolute atomic E-state index is 0.496. The Bertz CT molecular complexity index is 768. The van der Waals surface area contributed by atoms with Gasteiger partial charge in [-0.1, -0.05) is 23.2 Å². The number of benzene rings is 2. The largest absolute Gasteiger partial charge is 0.436 e. The van der Waals surface area contributed by atoms with Crippen LogP contribution in [0.4, 0.5) is 5.69 Å². The molecule has 102 valence electrons. The zero-order valence-corrected chi connectivity index (χ0v) is 12.3. The molecular weight excluding hydrogens is 295 g/mol. The van der Waals surface area contributed by atoms with Crippen molar-refractivity contribution in [3.63, 3.8) is 0 Å². The van der Waals surface area contributed by atoms with E-state index in [1.54, 1.807) is 18.2 Å². The molecule has 0 saturated heterocycles. The molecule has 0 fully saturated rings. The van der Waals surface area contributed by atoms with Crippen molar-refractivity contribution in [3.8, 4) is 11.5 Å². The molecule has 0 atom stereocenters. The number of hydrogen-bond donors (Lipinski definition) is 1. The van der Waals surface area contributed by atoms with Gasteiger partial charge in [0, 0.05) is 17.3 Å². The van der Waals surface area contributed by atoms with Gasteiger partial charge in [-0.25, -0.2) is 4.98 Å². The summed E-state index contributed by atoms with van der Waals surface area (Å²) < 4.78 is 5.74. The lowest BCUT2D eigenvalue weighted by Crippen LogP contribution is -1.95. The van der Waals surface area contributed by atoms with E-state index in [0.717, 1.165) is 28.9 Å². The quantitative estimate of drug-likeness (QED) is 0.719. The minimum Gasteiger partial charge on any atom is -0.436 e. The van der Waals surface area contributed by atoms with E-state index in [2.05, 4.69) is 10.3 Å². The van der Waals surface area contributed by atoms with Crippen LogP contribution >= 0.6 is 23.2 Å². The number of rotatable bonds is 3. The molecule has 2 aromatic carbocycles. The number of aromatic nitrogens is 1. The van der Waals surface area contributed by atoms with Gasteiger partial charge >= 0.3 is 0 Å². The molecule has 5 heteroatoms. The molecule has 3 nitrogen and oxygen atoms in total. The van der Waals surface area contributed by atoms with E-state index in [9.17, 15) is 0 Å². The highest BCUT2D eigenvalue weighted by Crippen LogP contribution is 2.32. The van der Waals surface area contributed by atoms with Gasteiger partial charge in [0.1, 0.15) is 5.52 Å². The third-order valence-corrected chi connectivity index (χ3v) is 3.48. The summed E-state index contributed by atoms with van der Waals surface area (Å²) in [6.07, 6.45) is 0. The van der Waals surface area contributed by atoms with E-state index in [4.69, 9.17) is 27.6 Å². The SMILES string of the molecule is CCNc1ccc2oc(-c3ccc(Cl)cc3Cl)nc2c1. The molecule has 1 N–H and O–H groups in total. The van der Waals surface area contributed by atoms with Gasteiger partial charge in [0.2, 0.25) is 5.89 Å². The molecule has 0 amide bonds. The number of nitrogens with one attached hydrogen (secondary N) is 1. The summed E-state index contributed by atoms with van der Waals surface area (Å²) in [4.78, 5) is 4.48. The van der Waals surface area contributed by atoms with Crippen LogP contribution in [0.5, 0.6) is 0 Å². The van der Waals surface area contributed by atoms with Gasteiger partial charge in [0.15, 0.2) is 5.58 Å². The van der Waals surface area contributed by atoms with Gasteiger partial charge in [-0.2, -0.15) is 0 Å². The van der Waals surface area contributed by atoms with Crippen LogP contribution in [0.3, 0.4) is 0 Å². The highest BCUT2D eigenvalue weighted by molar-refractivity contribution is 6.36. The van der Waals surface area contributed by atoms with Crippen molar-refractivity contribution in [1.82, 2.24) is 4.98 Å². The lowest BCUT2D eigenvalue weighted by molar-refractivity contribution is 0.620. The Balaban J connectivity index is 2.08. The maximum atomic E-state index is 6.18. The van der Waals surface area contributed by atoms with E-state index < -0.39 is 0 Å². The number of hydrogen-bond acceptors (Lipinski definition) is 3. The van der Waals surface area contributed by atoms with E-state index in [-0.39, 0.29) is 0 Å². The van der Waals surface area contributed by atoms with Crippen LogP contribution in [0.2, 0.25) is 10.0 Å². The van der Waals surface area contributed by atoms with Crippen molar-refractivity contribution in [3.05, 3.63) is 46.4 Å². The van der Waals surface area contributed by atoms with Gasteiger partial charge in [0.25, 0.3) is 0 Å². The molecule has 0 saturated carbocycles. The first kappa shape index (κ1) is 13.3. The average Bonchev–Trinajstić information content (AvgIpc) is 2.81. The summed E-state index contributed by atoms with van der Waals surface area (Å²) in [5, 5.41) is 4.35. The summed E-state index contributed by atoms with van der Waals surface area (Å²) in [6.45, 7) is 2.91. The van der Waals surface area contributed by atoms with E-state index in [1.165, 1.54) is 0 Å². The Labute approximate surface area is 126 Å². The van der Waals surface area contributed by atoms with Gasteiger partial charge in [0.05, 0.1) is 10.6 Å². The first-order valence-corrected chi connectivity index (χ1v) is 7.03. The predicted octanol–water partition coefficient (Wildman–Crippen LogP) is 5.23. The zero-order valence-electron chi connectivity index (χ0n) is 10.8. The lowest BCUT2D eigenvalue weighted by atomic mass is 10.2. The molecule has 0 unspecified atom stereocenters. The van der Waals surface area contributed by atoms with Crippen molar-refractivity contribution in [2.75, 3.05) is 11.9 Å². The third kappa shape index (κ3) is 2.47. The molecular formula is C15H12Cl2N2O. The topological polar surface area (TPSA) is 38.1 Å². The fourth-order valence-electron chi connectivity index (χ4n) is 2.02. The molecule has 20 heavy (non-hydrogen) atoms. The Kier molecular flexibility index (Phi) is 3.55. The normalized spacial score (nSPS) is 10.9. The fraction of sp³-hybridized carbons (Fsp3) is 0.133. The average molecular weight is 307 g/mol. The van der Waals surface area contributed by atoms with Crippen molar-refractivity contribution in [1.29, 1.82) is 0 Å². The summed E-state index contributed by atoms with van der Waals surface area (Å²) in [6, 6.07) is 11.1. The Hall–Kier alpha value is -1.71. The van der Waals surface area contributed by atoms with Crippen LogP contribution in [0.1, 0.15) is 6.92 Å². The number of nitrogens with zero attached hydrogens (tertiary/aromatic N) is 1. The van der Waals surface area contributed by atoms with Crippen LogP contribution in [-0.2, 0) is 0 Å². The standard InChI is InChI=1S/C15H12Cl2N2O/c1-2-18-10-4-6-14-13(8-10)19-15(20-14)11-5-3-9(16)7-12(11)17/h3-8,18H,2H2,1H3. The molecule has 0 aliphatic heterocycles. The van der Waals surface area contributed by atoms with Gasteiger partial charge in [-0.15, -0.1) is 0 Å². The Morgan fingerprint density at radius 3 is 2.75 bits per heavy atom. The highest BCUT2D eigenvalue weighted by Gasteiger charge is 2.12.